The lowest BCUT2D eigenvalue weighted by atomic mass is 10.1. The van der Waals surface area contributed by atoms with Crippen molar-refractivity contribution in [2.24, 2.45) is 0 Å². The molecule has 1 N–H and O–H groups in total. The van der Waals surface area contributed by atoms with Crippen molar-refractivity contribution in [3.8, 4) is 0 Å². The highest BCUT2D eigenvalue weighted by Gasteiger charge is 2.22. The number of carbonyl (C=O) groups is 1. The second-order valence-corrected chi connectivity index (χ2v) is 7.17. The molecular weight excluding hydrogens is 328 g/mol. The highest BCUT2D eigenvalue weighted by Crippen LogP contribution is 2.17. The Labute approximate surface area is 142 Å². The van der Waals surface area contributed by atoms with E-state index in [-0.39, 0.29) is 22.4 Å². The first-order valence-corrected chi connectivity index (χ1v) is 8.79. The Hall–Kier alpha value is -2.22. The van der Waals surface area contributed by atoms with Crippen LogP contribution in [0.25, 0.3) is 0 Å². The van der Waals surface area contributed by atoms with Crippen molar-refractivity contribution in [3.63, 3.8) is 0 Å². The van der Waals surface area contributed by atoms with Gasteiger partial charge in [0, 0.05) is 12.6 Å². The van der Waals surface area contributed by atoms with E-state index < -0.39 is 10.0 Å². The number of hydrogen-bond donors (Lipinski definition) is 1. The van der Waals surface area contributed by atoms with Crippen LogP contribution in [0.4, 0.5) is 0 Å². The minimum absolute atomic E-state index is 0.00753. The molecule has 1 atom stereocenters. The van der Waals surface area contributed by atoms with Gasteiger partial charge >= 0.3 is 0 Å². The number of amides is 1. The predicted octanol–water partition coefficient (Wildman–Crippen LogP) is 2.36. The maximum atomic E-state index is 12.4. The highest BCUT2D eigenvalue weighted by atomic mass is 32.2. The maximum Gasteiger partial charge on any atom is 0.264 e. The van der Waals surface area contributed by atoms with Crippen LogP contribution in [-0.2, 0) is 14.9 Å². The summed E-state index contributed by atoms with van der Waals surface area (Å²) < 4.78 is 25.2. The Bertz CT molecular complexity index is 806. The third-order valence-corrected chi connectivity index (χ3v) is 5.31. The Morgan fingerprint density at radius 1 is 1.12 bits per heavy atom. The standard InChI is InChI=1S/C17H20N2O4S/c1-13(14-8-5-4-6-9-14)18-17(20)15-10-7-11-16(12-15)24(21,22)19(2)23-3/h4-13H,1-3H3,(H,18,20). The first-order valence-electron chi connectivity index (χ1n) is 7.35. The van der Waals surface area contributed by atoms with E-state index in [1.54, 1.807) is 6.07 Å². The summed E-state index contributed by atoms with van der Waals surface area (Å²) in [5, 5.41) is 2.86. The molecule has 1 unspecified atom stereocenters. The summed E-state index contributed by atoms with van der Waals surface area (Å²) in [5.74, 6) is -0.344. The van der Waals surface area contributed by atoms with E-state index in [1.165, 1.54) is 32.4 Å². The minimum Gasteiger partial charge on any atom is -0.346 e. The van der Waals surface area contributed by atoms with Crippen LogP contribution < -0.4 is 5.32 Å². The molecule has 24 heavy (non-hydrogen) atoms. The number of rotatable bonds is 6. The van der Waals surface area contributed by atoms with E-state index in [0.29, 0.717) is 0 Å². The number of hydrogen-bond acceptors (Lipinski definition) is 4. The fourth-order valence-corrected chi connectivity index (χ4v) is 3.17. The van der Waals surface area contributed by atoms with E-state index in [9.17, 15) is 13.2 Å². The summed E-state index contributed by atoms with van der Waals surface area (Å²) in [6.45, 7) is 1.87. The molecule has 2 aromatic rings. The lowest BCUT2D eigenvalue weighted by Gasteiger charge is -2.16. The van der Waals surface area contributed by atoms with Crippen molar-refractivity contribution >= 4 is 15.9 Å². The molecule has 7 heteroatoms. The van der Waals surface area contributed by atoms with E-state index in [2.05, 4.69) is 5.32 Å². The normalized spacial score (nSPS) is 12.8. The van der Waals surface area contributed by atoms with Crippen LogP contribution in [0.1, 0.15) is 28.9 Å². The van der Waals surface area contributed by atoms with Gasteiger partial charge in [0.05, 0.1) is 18.0 Å². The van der Waals surface area contributed by atoms with Gasteiger partial charge in [0.15, 0.2) is 0 Å². The predicted molar refractivity (Wildman–Crippen MR) is 90.7 cm³/mol. The van der Waals surface area contributed by atoms with Crippen LogP contribution >= 0.6 is 0 Å². The second kappa shape index (κ2) is 7.57. The van der Waals surface area contributed by atoms with Crippen molar-refractivity contribution < 1.29 is 18.0 Å². The van der Waals surface area contributed by atoms with E-state index >= 15 is 0 Å². The Balaban J connectivity index is 2.21. The van der Waals surface area contributed by atoms with Gasteiger partial charge in [-0.05, 0) is 30.7 Å². The molecule has 0 fully saturated rings. The quantitative estimate of drug-likeness (QED) is 0.813. The summed E-state index contributed by atoms with van der Waals surface area (Å²) in [7, 11) is -1.24. The molecule has 0 aliphatic heterocycles. The summed E-state index contributed by atoms with van der Waals surface area (Å²) >= 11 is 0. The zero-order chi connectivity index (χ0) is 17.7. The molecule has 0 bridgehead atoms. The van der Waals surface area contributed by atoms with Gasteiger partial charge in [-0.1, -0.05) is 40.9 Å². The first kappa shape index (κ1) is 18.1. The van der Waals surface area contributed by atoms with E-state index in [0.717, 1.165) is 10.0 Å². The lowest BCUT2D eigenvalue weighted by molar-refractivity contribution is -0.0258. The minimum atomic E-state index is -3.79. The lowest BCUT2D eigenvalue weighted by Crippen LogP contribution is -2.28. The van der Waals surface area contributed by atoms with Crippen LogP contribution in [-0.4, -0.2) is 33.0 Å². The van der Waals surface area contributed by atoms with Crippen LogP contribution in [0.3, 0.4) is 0 Å². The van der Waals surface area contributed by atoms with Crippen molar-refractivity contribution in [2.75, 3.05) is 14.2 Å². The average molecular weight is 348 g/mol. The Morgan fingerprint density at radius 2 is 1.79 bits per heavy atom. The van der Waals surface area contributed by atoms with Crippen LogP contribution in [0.2, 0.25) is 0 Å². The van der Waals surface area contributed by atoms with Gasteiger partial charge in [-0.3, -0.25) is 9.63 Å². The van der Waals surface area contributed by atoms with Crippen molar-refractivity contribution in [1.82, 2.24) is 9.79 Å². The van der Waals surface area contributed by atoms with Crippen LogP contribution in [0, 0.1) is 0 Å². The van der Waals surface area contributed by atoms with E-state index in [1.807, 2.05) is 37.3 Å². The zero-order valence-corrected chi connectivity index (χ0v) is 14.6. The van der Waals surface area contributed by atoms with Gasteiger partial charge in [-0.2, -0.15) is 0 Å². The second-order valence-electron chi connectivity index (χ2n) is 5.23. The molecule has 2 rings (SSSR count). The van der Waals surface area contributed by atoms with Gasteiger partial charge in [-0.25, -0.2) is 8.42 Å². The fraction of sp³-hybridized carbons (Fsp3) is 0.235. The monoisotopic (exact) mass is 348 g/mol. The third kappa shape index (κ3) is 4.00. The summed E-state index contributed by atoms with van der Waals surface area (Å²) in [6, 6.07) is 15.2. The molecular formula is C17H20N2O4S. The van der Waals surface area contributed by atoms with Crippen molar-refractivity contribution in [1.29, 1.82) is 0 Å². The summed E-state index contributed by atoms with van der Waals surface area (Å²) in [6.07, 6.45) is 0. The SMILES string of the molecule is CON(C)S(=O)(=O)c1cccc(C(=O)NC(C)c2ccccc2)c1. The smallest absolute Gasteiger partial charge is 0.264 e. The highest BCUT2D eigenvalue weighted by molar-refractivity contribution is 7.89. The van der Waals surface area contributed by atoms with Gasteiger partial charge in [0.25, 0.3) is 15.9 Å². The molecule has 2 aromatic carbocycles. The van der Waals surface area contributed by atoms with Crippen LogP contribution in [0.5, 0.6) is 0 Å². The molecule has 1 amide bonds. The van der Waals surface area contributed by atoms with Crippen molar-refractivity contribution in [3.05, 3.63) is 65.7 Å². The number of nitrogens with zero attached hydrogens (tertiary/aromatic N) is 1. The third-order valence-electron chi connectivity index (χ3n) is 3.64. The average Bonchev–Trinajstić information content (AvgIpc) is 2.61. The van der Waals surface area contributed by atoms with Gasteiger partial charge in [-0.15, -0.1) is 0 Å². The molecule has 0 aliphatic rings. The number of sulfonamides is 1. The first-order chi connectivity index (χ1) is 11.4. The van der Waals surface area contributed by atoms with E-state index in [4.69, 9.17) is 4.84 Å². The number of nitrogens with one attached hydrogen (secondary N) is 1. The topological polar surface area (TPSA) is 75.7 Å². The molecule has 128 valence electrons. The molecule has 0 saturated carbocycles. The molecule has 0 aliphatic carbocycles. The van der Waals surface area contributed by atoms with Crippen molar-refractivity contribution in [2.45, 2.75) is 17.9 Å². The summed E-state index contributed by atoms with van der Waals surface area (Å²) in [4.78, 5) is 17.1. The molecule has 0 radical (unpaired) electrons. The van der Waals surface area contributed by atoms with Gasteiger partial charge in [0.2, 0.25) is 0 Å². The Morgan fingerprint density at radius 3 is 2.42 bits per heavy atom. The number of hydroxylamine groups is 1. The zero-order valence-electron chi connectivity index (χ0n) is 13.8. The number of carbonyl (C=O) groups excluding carboxylic acids is 1. The molecule has 0 aromatic heterocycles. The number of benzene rings is 2. The molecule has 0 saturated heterocycles. The largest absolute Gasteiger partial charge is 0.346 e. The maximum absolute atomic E-state index is 12.4. The Kier molecular flexibility index (Phi) is 5.71. The fourth-order valence-electron chi connectivity index (χ4n) is 2.15. The summed E-state index contributed by atoms with van der Waals surface area (Å²) in [5.41, 5.74) is 1.23. The molecule has 0 heterocycles. The molecule has 0 spiro atoms. The van der Waals surface area contributed by atoms with Gasteiger partial charge in [0.1, 0.15) is 0 Å². The van der Waals surface area contributed by atoms with Gasteiger partial charge < -0.3 is 5.32 Å². The molecule has 6 nitrogen and oxygen atoms in total. The van der Waals surface area contributed by atoms with Crippen LogP contribution in [0.15, 0.2) is 59.5 Å².